The summed E-state index contributed by atoms with van der Waals surface area (Å²) in [6.07, 6.45) is 6.95. The lowest BCUT2D eigenvalue weighted by atomic mass is 10.1. The third-order valence-electron chi connectivity index (χ3n) is 4.84. The van der Waals surface area contributed by atoms with E-state index < -0.39 is 0 Å². The van der Waals surface area contributed by atoms with E-state index in [2.05, 4.69) is 25.5 Å². The third-order valence-corrected chi connectivity index (χ3v) is 4.84. The number of phenols is 1. The Morgan fingerprint density at radius 1 is 1.20 bits per heavy atom. The van der Waals surface area contributed by atoms with Crippen LogP contribution >= 0.6 is 0 Å². The number of phenolic OH excluding ortho intramolecular Hbond substituents is 1. The molecule has 2 N–H and O–H groups in total. The summed E-state index contributed by atoms with van der Waals surface area (Å²) >= 11 is 0. The summed E-state index contributed by atoms with van der Waals surface area (Å²) in [4.78, 5) is 8.28. The minimum atomic E-state index is 0.0875. The van der Waals surface area contributed by atoms with Crippen LogP contribution in [-0.4, -0.2) is 49.0 Å². The largest absolute Gasteiger partial charge is 0.507 e. The number of aromatic nitrogens is 5. The molecule has 126 valence electrons. The second-order valence-corrected chi connectivity index (χ2v) is 6.36. The SMILES string of the molecule is Oc1cc(-n2ccnc2)ccc1-c1ncc(OC2C3CNCC32)nn1. The summed E-state index contributed by atoms with van der Waals surface area (Å²) in [6, 6.07) is 5.27. The van der Waals surface area contributed by atoms with Crippen LogP contribution in [0, 0.1) is 11.8 Å². The van der Waals surface area contributed by atoms with Gasteiger partial charge < -0.3 is 19.7 Å². The molecule has 0 amide bonds. The van der Waals surface area contributed by atoms with E-state index in [0.717, 1.165) is 18.8 Å². The molecular weight excluding hydrogens is 320 g/mol. The van der Waals surface area contributed by atoms with Crippen molar-refractivity contribution in [3.05, 3.63) is 43.1 Å². The van der Waals surface area contributed by atoms with Gasteiger partial charge in [-0.25, -0.2) is 9.97 Å². The van der Waals surface area contributed by atoms with Crippen LogP contribution in [0.15, 0.2) is 43.1 Å². The maximum absolute atomic E-state index is 10.3. The molecule has 3 heterocycles. The zero-order valence-electron chi connectivity index (χ0n) is 13.3. The Kier molecular flexibility index (Phi) is 3.17. The van der Waals surface area contributed by atoms with E-state index in [1.54, 1.807) is 41.6 Å². The molecule has 8 heteroatoms. The minimum Gasteiger partial charge on any atom is -0.507 e. The predicted molar refractivity (Wildman–Crippen MR) is 88.3 cm³/mol. The summed E-state index contributed by atoms with van der Waals surface area (Å²) in [5.74, 6) is 2.05. The molecule has 0 bridgehead atoms. The number of aromatic hydroxyl groups is 1. The first kappa shape index (κ1) is 14.4. The lowest BCUT2D eigenvalue weighted by Crippen LogP contribution is -2.20. The molecule has 0 spiro atoms. The number of hydrogen-bond acceptors (Lipinski definition) is 7. The molecule has 1 aliphatic carbocycles. The number of nitrogens with one attached hydrogen (secondary N) is 1. The molecule has 2 aromatic heterocycles. The van der Waals surface area contributed by atoms with Crippen molar-refractivity contribution >= 4 is 0 Å². The Labute approximate surface area is 143 Å². The highest BCUT2D eigenvalue weighted by Gasteiger charge is 2.55. The predicted octanol–water partition coefficient (Wildman–Crippen LogP) is 1.03. The van der Waals surface area contributed by atoms with E-state index in [9.17, 15) is 5.11 Å². The second kappa shape index (κ2) is 5.52. The molecule has 1 aromatic carbocycles. The van der Waals surface area contributed by atoms with Crippen molar-refractivity contribution in [3.63, 3.8) is 0 Å². The monoisotopic (exact) mass is 336 g/mol. The number of piperidine rings is 1. The zero-order chi connectivity index (χ0) is 16.8. The summed E-state index contributed by atoms with van der Waals surface area (Å²) < 4.78 is 7.64. The van der Waals surface area contributed by atoms with Crippen LogP contribution in [0.25, 0.3) is 17.1 Å². The van der Waals surface area contributed by atoms with Gasteiger partial charge in [-0.05, 0) is 12.1 Å². The van der Waals surface area contributed by atoms with Crippen molar-refractivity contribution in [2.75, 3.05) is 13.1 Å². The Morgan fingerprint density at radius 3 is 2.76 bits per heavy atom. The van der Waals surface area contributed by atoms with E-state index in [0.29, 0.717) is 29.1 Å². The van der Waals surface area contributed by atoms with E-state index >= 15 is 0 Å². The Balaban J connectivity index is 1.34. The molecule has 2 unspecified atom stereocenters. The first-order chi connectivity index (χ1) is 12.3. The van der Waals surface area contributed by atoms with Gasteiger partial charge in [-0.2, -0.15) is 0 Å². The molecule has 8 nitrogen and oxygen atoms in total. The van der Waals surface area contributed by atoms with Crippen LogP contribution in [-0.2, 0) is 0 Å². The van der Waals surface area contributed by atoms with Gasteiger partial charge >= 0.3 is 0 Å². The van der Waals surface area contributed by atoms with E-state index in [1.165, 1.54) is 0 Å². The first-order valence-electron chi connectivity index (χ1n) is 8.18. The summed E-state index contributed by atoms with van der Waals surface area (Å²) in [6.45, 7) is 2.01. The molecule has 1 aliphatic heterocycles. The number of imidazole rings is 1. The number of fused-ring (bicyclic) bond motifs is 1. The molecule has 0 radical (unpaired) electrons. The van der Waals surface area contributed by atoms with E-state index in [4.69, 9.17) is 4.74 Å². The van der Waals surface area contributed by atoms with Crippen LogP contribution in [0.1, 0.15) is 0 Å². The normalized spacial score (nSPS) is 24.1. The number of rotatable bonds is 4. The second-order valence-electron chi connectivity index (χ2n) is 6.36. The number of benzene rings is 1. The zero-order valence-corrected chi connectivity index (χ0v) is 13.3. The summed E-state index contributed by atoms with van der Waals surface area (Å²) in [5, 5.41) is 21.8. The molecule has 3 aromatic rings. The van der Waals surface area contributed by atoms with E-state index in [1.807, 2.05) is 6.07 Å². The highest BCUT2D eigenvalue weighted by Crippen LogP contribution is 2.44. The van der Waals surface area contributed by atoms with Gasteiger partial charge in [-0.15, -0.1) is 10.2 Å². The molecule has 25 heavy (non-hydrogen) atoms. The lowest BCUT2D eigenvalue weighted by Gasteiger charge is -2.08. The third kappa shape index (κ3) is 2.51. The van der Waals surface area contributed by atoms with Crippen molar-refractivity contribution in [2.45, 2.75) is 6.10 Å². The van der Waals surface area contributed by atoms with Gasteiger partial charge in [0.2, 0.25) is 0 Å². The molecule has 2 fully saturated rings. The summed E-state index contributed by atoms with van der Waals surface area (Å²) in [5.41, 5.74) is 1.33. The average molecular weight is 336 g/mol. The van der Waals surface area contributed by atoms with Gasteiger partial charge in [0.05, 0.1) is 23.8 Å². The average Bonchev–Trinajstić information content (AvgIpc) is 3.10. The fourth-order valence-electron chi connectivity index (χ4n) is 3.40. The van der Waals surface area contributed by atoms with Gasteiger partial charge in [0.25, 0.3) is 5.88 Å². The fraction of sp³-hybridized carbons (Fsp3) is 0.294. The minimum absolute atomic E-state index is 0.0875. The topological polar surface area (TPSA) is 98.0 Å². The lowest BCUT2D eigenvalue weighted by molar-refractivity contribution is 0.248. The molecule has 1 saturated heterocycles. The van der Waals surface area contributed by atoms with Gasteiger partial charge in [0.15, 0.2) is 5.82 Å². The molecule has 5 rings (SSSR count). The number of ether oxygens (including phenoxy) is 1. The highest BCUT2D eigenvalue weighted by molar-refractivity contribution is 5.65. The van der Waals surface area contributed by atoms with Crippen LogP contribution in [0.3, 0.4) is 0 Å². The van der Waals surface area contributed by atoms with Crippen LogP contribution in [0.2, 0.25) is 0 Å². The molecule has 2 aliphatic rings. The van der Waals surface area contributed by atoms with E-state index in [-0.39, 0.29) is 11.9 Å². The standard InChI is InChI=1S/C17H16N6O2/c24-14-5-10(23-4-3-18-9-23)1-2-11(14)17-20-8-15(21-22-17)25-16-12-6-19-7-13(12)16/h1-5,8-9,12-13,16,19,24H,6-7H2. The Bertz CT molecular complexity index is 886. The highest BCUT2D eigenvalue weighted by atomic mass is 16.5. The molecule has 2 atom stereocenters. The van der Waals surface area contributed by atoms with Crippen molar-refractivity contribution in [1.29, 1.82) is 0 Å². The van der Waals surface area contributed by atoms with Gasteiger partial charge in [-0.3, -0.25) is 0 Å². The molecular formula is C17H16N6O2. The summed E-state index contributed by atoms with van der Waals surface area (Å²) in [7, 11) is 0. The van der Waals surface area contributed by atoms with Crippen molar-refractivity contribution in [1.82, 2.24) is 30.0 Å². The van der Waals surface area contributed by atoms with Crippen molar-refractivity contribution < 1.29 is 9.84 Å². The smallest absolute Gasteiger partial charge is 0.252 e. The Hall–Kier alpha value is -3.00. The fourth-order valence-corrected chi connectivity index (χ4v) is 3.40. The van der Waals surface area contributed by atoms with Crippen LogP contribution in [0.5, 0.6) is 11.6 Å². The molecule has 1 saturated carbocycles. The van der Waals surface area contributed by atoms with Crippen molar-refractivity contribution in [2.24, 2.45) is 11.8 Å². The quantitative estimate of drug-likeness (QED) is 0.734. The Morgan fingerprint density at radius 2 is 2.08 bits per heavy atom. The van der Waals surface area contributed by atoms with Gasteiger partial charge in [-0.1, -0.05) is 0 Å². The number of hydrogen-bond donors (Lipinski definition) is 2. The maximum Gasteiger partial charge on any atom is 0.252 e. The van der Waals surface area contributed by atoms with Crippen LogP contribution in [0.4, 0.5) is 0 Å². The maximum atomic E-state index is 10.3. The van der Waals surface area contributed by atoms with Crippen LogP contribution < -0.4 is 10.1 Å². The first-order valence-corrected chi connectivity index (χ1v) is 8.18. The van der Waals surface area contributed by atoms with Gasteiger partial charge in [0, 0.05) is 43.4 Å². The van der Waals surface area contributed by atoms with Gasteiger partial charge in [0.1, 0.15) is 11.9 Å². The van der Waals surface area contributed by atoms with Crippen molar-refractivity contribution in [3.8, 4) is 28.7 Å². The number of nitrogens with zero attached hydrogens (tertiary/aromatic N) is 5.